The van der Waals surface area contributed by atoms with Gasteiger partial charge in [0, 0.05) is 22.8 Å². The highest BCUT2D eigenvalue weighted by molar-refractivity contribution is 7.99. The Morgan fingerprint density at radius 3 is 2.83 bits per heavy atom. The molecule has 0 saturated carbocycles. The highest BCUT2D eigenvalue weighted by Gasteiger charge is 2.17. The van der Waals surface area contributed by atoms with E-state index < -0.39 is 0 Å². The normalized spacial score (nSPS) is 12.9. The van der Waals surface area contributed by atoms with E-state index in [0.29, 0.717) is 11.8 Å². The van der Waals surface area contributed by atoms with Gasteiger partial charge in [-0.2, -0.15) is 11.8 Å². The number of rotatable bonds is 7. The van der Waals surface area contributed by atoms with E-state index in [-0.39, 0.29) is 5.56 Å². The van der Waals surface area contributed by atoms with Crippen molar-refractivity contribution in [2.24, 2.45) is 0 Å². The van der Waals surface area contributed by atoms with Crippen LogP contribution in [0.3, 0.4) is 0 Å². The second-order valence-corrected chi connectivity index (χ2v) is 7.08. The van der Waals surface area contributed by atoms with Gasteiger partial charge in [0.1, 0.15) is 11.5 Å². The molecule has 3 rings (SSSR count). The van der Waals surface area contributed by atoms with E-state index in [9.17, 15) is 4.79 Å². The molecule has 0 radical (unpaired) electrons. The van der Waals surface area contributed by atoms with Crippen LogP contribution in [0.2, 0.25) is 0 Å². The molecule has 2 aromatic rings. The fraction of sp³-hybridized carbons (Fsp3) is 0.375. The summed E-state index contributed by atoms with van der Waals surface area (Å²) >= 11 is 3.30. The van der Waals surface area contributed by atoms with Crippen molar-refractivity contribution in [2.75, 3.05) is 19.5 Å². The molecule has 0 fully saturated rings. The zero-order chi connectivity index (χ0) is 16.1. The van der Waals surface area contributed by atoms with Crippen LogP contribution in [-0.2, 0) is 11.5 Å². The Labute approximate surface area is 143 Å². The molecule has 0 atom stereocenters. The van der Waals surface area contributed by atoms with Gasteiger partial charge in [0.15, 0.2) is 5.16 Å². The number of nitrogens with zero attached hydrogens (tertiary/aromatic N) is 1. The average molecular weight is 350 g/mol. The van der Waals surface area contributed by atoms with Gasteiger partial charge in [0.25, 0.3) is 5.56 Å². The van der Waals surface area contributed by atoms with Gasteiger partial charge < -0.3 is 14.5 Å². The molecule has 0 amide bonds. The Morgan fingerprint density at radius 2 is 2.04 bits per heavy atom. The highest BCUT2D eigenvalue weighted by Crippen LogP contribution is 2.26. The van der Waals surface area contributed by atoms with Crippen molar-refractivity contribution < 1.29 is 9.47 Å². The minimum Gasteiger partial charge on any atom is -0.497 e. The molecule has 0 saturated heterocycles. The number of aromatic nitrogens is 2. The summed E-state index contributed by atoms with van der Waals surface area (Å²) in [5.74, 6) is 4.12. The monoisotopic (exact) mass is 350 g/mol. The first-order valence-electron chi connectivity index (χ1n) is 7.36. The number of benzene rings is 1. The number of aromatic amines is 1. The fourth-order valence-corrected chi connectivity index (χ4v) is 4.03. The molecular weight excluding hydrogens is 332 g/mol. The van der Waals surface area contributed by atoms with E-state index in [0.717, 1.165) is 46.4 Å². The van der Waals surface area contributed by atoms with Crippen LogP contribution >= 0.6 is 23.5 Å². The van der Waals surface area contributed by atoms with Crippen LogP contribution in [0.25, 0.3) is 0 Å². The summed E-state index contributed by atoms with van der Waals surface area (Å²) in [7, 11) is 1.64. The van der Waals surface area contributed by atoms with Crippen molar-refractivity contribution in [3.63, 3.8) is 0 Å². The predicted molar refractivity (Wildman–Crippen MR) is 93.7 cm³/mol. The Bertz CT molecular complexity index is 716. The van der Waals surface area contributed by atoms with Gasteiger partial charge in [0.2, 0.25) is 0 Å². The molecule has 2 heterocycles. The zero-order valence-corrected chi connectivity index (χ0v) is 14.5. The van der Waals surface area contributed by atoms with Gasteiger partial charge in [0.05, 0.1) is 19.4 Å². The van der Waals surface area contributed by atoms with Crippen molar-refractivity contribution in [3.8, 4) is 11.5 Å². The third-order valence-corrected chi connectivity index (χ3v) is 5.35. The van der Waals surface area contributed by atoms with E-state index in [1.54, 1.807) is 30.6 Å². The number of hydrogen-bond donors (Lipinski definition) is 1. The van der Waals surface area contributed by atoms with Gasteiger partial charge in [-0.15, -0.1) is 0 Å². The third-order valence-electron chi connectivity index (χ3n) is 3.42. The average Bonchev–Trinajstić information content (AvgIpc) is 3.04. The number of H-pyrrole nitrogens is 1. The minimum absolute atomic E-state index is 0.0111. The number of methoxy groups -OCH3 is 1. The zero-order valence-electron chi connectivity index (χ0n) is 12.8. The number of fused-ring (bicyclic) bond motifs is 1. The first-order chi connectivity index (χ1) is 11.3. The van der Waals surface area contributed by atoms with Crippen molar-refractivity contribution in [3.05, 3.63) is 45.9 Å². The van der Waals surface area contributed by atoms with Crippen LogP contribution in [-0.4, -0.2) is 29.4 Å². The molecule has 5 nitrogen and oxygen atoms in total. The smallest absolute Gasteiger partial charge is 0.255 e. The predicted octanol–water partition coefficient (Wildman–Crippen LogP) is 3.09. The lowest BCUT2D eigenvalue weighted by atomic mass is 10.3. The first kappa shape index (κ1) is 16.3. The number of hydrogen-bond acceptors (Lipinski definition) is 6. The van der Waals surface area contributed by atoms with Gasteiger partial charge >= 0.3 is 0 Å². The molecule has 0 spiro atoms. The highest BCUT2D eigenvalue weighted by atomic mass is 32.2. The summed E-state index contributed by atoms with van der Waals surface area (Å²) in [6.45, 7) is 0.629. The van der Waals surface area contributed by atoms with Crippen molar-refractivity contribution in [1.82, 2.24) is 9.97 Å². The SMILES string of the molecule is COc1ccc(OCCCSc2nc3c(c(=O)[nH]2)CSC3)cc1. The molecule has 7 heteroatoms. The molecule has 1 aromatic heterocycles. The van der Waals surface area contributed by atoms with Crippen LogP contribution < -0.4 is 15.0 Å². The maximum absolute atomic E-state index is 11.9. The van der Waals surface area contributed by atoms with Gasteiger partial charge in [-0.3, -0.25) is 4.79 Å². The Hall–Kier alpha value is -1.60. The van der Waals surface area contributed by atoms with E-state index in [2.05, 4.69) is 9.97 Å². The number of ether oxygens (including phenoxy) is 2. The van der Waals surface area contributed by atoms with Crippen molar-refractivity contribution in [2.45, 2.75) is 23.1 Å². The number of thioether (sulfide) groups is 2. The molecule has 1 aliphatic rings. The van der Waals surface area contributed by atoms with Crippen molar-refractivity contribution >= 4 is 23.5 Å². The molecule has 23 heavy (non-hydrogen) atoms. The lowest BCUT2D eigenvalue weighted by molar-refractivity contribution is 0.318. The molecule has 122 valence electrons. The third kappa shape index (κ3) is 4.23. The Morgan fingerprint density at radius 1 is 1.26 bits per heavy atom. The Kier molecular flexibility index (Phi) is 5.51. The fourth-order valence-electron chi connectivity index (χ4n) is 2.20. The van der Waals surface area contributed by atoms with E-state index >= 15 is 0 Å². The lowest BCUT2D eigenvalue weighted by Crippen LogP contribution is -2.15. The summed E-state index contributed by atoms with van der Waals surface area (Å²) in [5.41, 5.74) is 1.79. The lowest BCUT2D eigenvalue weighted by Gasteiger charge is -2.07. The summed E-state index contributed by atoms with van der Waals surface area (Å²) < 4.78 is 10.8. The first-order valence-corrected chi connectivity index (χ1v) is 9.50. The molecule has 1 aliphatic heterocycles. The minimum atomic E-state index is 0.0111. The molecule has 1 aromatic carbocycles. The summed E-state index contributed by atoms with van der Waals surface area (Å²) in [6.07, 6.45) is 0.881. The van der Waals surface area contributed by atoms with Gasteiger partial charge in [-0.1, -0.05) is 11.8 Å². The van der Waals surface area contributed by atoms with E-state index in [4.69, 9.17) is 9.47 Å². The van der Waals surface area contributed by atoms with Crippen molar-refractivity contribution in [1.29, 1.82) is 0 Å². The maximum atomic E-state index is 11.9. The van der Waals surface area contributed by atoms with E-state index in [1.165, 1.54) is 0 Å². The van der Waals surface area contributed by atoms with Crippen LogP contribution in [0.4, 0.5) is 0 Å². The van der Waals surface area contributed by atoms with Crippen LogP contribution in [0, 0.1) is 0 Å². The second-order valence-electron chi connectivity index (χ2n) is 5.02. The van der Waals surface area contributed by atoms with Gasteiger partial charge in [-0.25, -0.2) is 4.98 Å². The summed E-state index contributed by atoms with van der Waals surface area (Å²) in [5, 5.41) is 0.709. The molecular formula is C16H18N2O3S2. The van der Waals surface area contributed by atoms with Crippen LogP contribution in [0.15, 0.2) is 34.2 Å². The molecule has 0 aliphatic carbocycles. The van der Waals surface area contributed by atoms with Crippen LogP contribution in [0.1, 0.15) is 17.7 Å². The topological polar surface area (TPSA) is 64.2 Å². The summed E-state index contributed by atoms with van der Waals surface area (Å²) in [4.78, 5) is 19.3. The summed E-state index contributed by atoms with van der Waals surface area (Å²) in [6, 6.07) is 7.54. The standard InChI is InChI=1S/C16H18N2O3S2/c1-20-11-3-5-12(6-4-11)21-7-2-8-23-16-17-14-10-22-9-13(14)15(19)18-16/h3-6H,2,7-10H2,1H3,(H,17,18,19). The molecule has 1 N–H and O–H groups in total. The molecule has 0 unspecified atom stereocenters. The quantitative estimate of drug-likeness (QED) is 0.470. The van der Waals surface area contributed by atoms with E-state index in [1.807, 2.05) is 24.3 Å². The molecule has 0 bridgehead atoms. The van der Waals surface area contributed by atoms with Gasteiger partial charge in [-0.05, 0) is 30.7 Å². The number of nitrogens with one attached hydrogen (secondary N) is 1. The second kappa shape index (κ2) is 7.79. The maximum Gasteiger partial charge on any atom is 0.255 e. The Balaban J connectivity index is 1.43. The largest absolute Gasteiger partial charge is 0.497 e. The van der Waals surface area contributed by atoms with Crippen LogP contribution in [0.5, 0.6) is 11.5 Å².